The van der Waals surface area contributed by atoms with Crippen molar-refractivity contribution in [3.05, 3.63) is 41.5 Å². The molecular weight excluding hydrogens is 272 g/mol. The van der Waals surface area contributed by atoms with Crippen molar-refractivity contribution < 1.29 is 8.78 Å². The molecule has 0 amide bonds. The van der Waals surface area contributed by atoms with E-state index < -0.39 is 11.6 Å². The molecule has 0 unspecified atom stereocenters. The van der Waals surface area contributed by atoms with E-state index in [0.717, 1.165) is 0 Å². The number of hydrogen-bond donors (Lipinski definition) is 2. The van der Waals surface area contributed by atoms with Crippen LogP contribution in [-0.2, 0) is 13.6 Å². The zero-order valence-electron chi connectivity index (χ0n) is 10.0. The Morgan fingerprint density at radius 3 is 2.74 bits per heavy atom. The van der Waals surface area contributed by atoms with E-state index in [1.54, 1.807) is 7.05 Å². The molecule has 100 valence electrons. The Bertz CT molecular complexity index is 626. The van der Waals surface area contributed by atoms with Gasteiger partial charge < -0.3 is 11.1 Å². The lowest BCUT2D eigenvalue weighted by Gasteiger charge is -2.08. The molecule has 3 N–H and O–H groups in total. The van der Waals surface area contributed by atoms with Gasteiger partial charge in [-0.05, 0) is 12.1 Å². The van der Waals surface area contributed by atoms with Gasteiger partial charge in [0.25, 0.3) is 0 Å². The average Bonchev–Trinajstić information content (AvgIpc) is 2.76. The number of halogens is 2. The number of aryl methyl sites for hydroxylation is 1. The van der Waals surface area contributed by atoms with Crippen LogP contribution in [0.5, 0.6) is 0 Å². The highest BCUT2D eigenvalue weighted by Crippen LogP contribution is 2.21. The lowest BCUT2D eigenvalue weighted by Crippen LogP contribution is -2.14. The largest absolute Gasteiger partial charge is 0.389 e. The lowest BCUT2D eigenvalue weighted by atomic mass is 10.2. The number of nitrogens with one attached hydrogen (secondary N) is 1. The number of rotatable bonds is 4. The molecule has 1 heterocycles. The van der Waals surface area contributed by atoms with Gasteiger partial charge in [0, 0.05) is 12.6 Å². The highest BCUT2D eigenvalue weighted by atomic mass is 32.1. The molecule has 0 radical (unpaired) electrons. The minimum absolute atomic E-state index is 0.00459. The van der Waals surface area contributed by atoms with Crippen molar-refractivity contribution in [2.45, 2.75) is 6.54 Å². The summed E-state index contributed by atoms with van der Waals surface area (Å²) in [7, 11) is 1.72. The fraction of sp³-hybridized carbons (Fsp3) is 0.182. The van der Waals surface area contributed by atoms with Crippen molar-refractivity contribution in [2.24, 2.45) is 12.8 Å². The lowest BCUT2D eigenvalue weighted by molar-refractivity contribution is 0.509. The maximum absolute atomic E-state index is 13.7. The Kier molecular flexibility index (Phi) is 3.70. The summed E-state index contributed by atoms with van der Waals surface area (Å²) in [6, 6.07) is 2.70. The van der Waals surface area contributed by atoms with Crippen LogP contribution in [0.2, 0.25) is 0 Å². The Morgan fingerprint density at radius 1 is 1.42 bits per heavy atom. The Labute approximate surface area is 113 Å². The predicted molar refractivity (Wildman–Crippen MR) is 70.6 cm³/mol. The van der Waals surface area contributed by atoms with E-state index in [0.29, 0.717) is 5.82 Å². The summed E-state index contributed by atoms with van der Waals surface area (Å²) in [5, 5.41) is 6.72. The van der Waals surface area contributed by atoms with E-state index in [-0.39, 0.29) is 22.8 Å². The normalized spacial score (nSPS) is 10.5. The zero-order chi connectivity index (χ0) is 14.0. The summed E-state index contributed by atoms with van der Waals surface area (Å²) in [5.41, 5.74) is 5.17. The Morgan fingerprint density at radius 2 is 2.16 bits per heavy atom. The average molecular weight is 283 g/mol. The topological polar surface area (TPSA) is 68.8 Å². The zero-order valence-corrected chi connectivity index (χ0v) is 10.8. The fourth-order valence-corrected chi connectivity index (χ4v) is 1.67. The van der Waals surface area contributed by atoms with Gasteiger partial charge in [-0.15, -0.1) is 0 Å². The summed E-state index contributed by atoms with van der Waals surface area (Å²) in [4.78, 5) is 3.78. The van der Waals surface area contributed by atoms with Gasteiger partial charge in [0.1, 0.15) is 11.3 Å². The number of nitrogens with two attached hydrogens (primary N) is 1. The van der Waals surface area contributed by atoms with Gasteiger partial charge in [0.05, 0.1) is 12.2 Å². The fourth-order valence-electron chi connectivity index (χ4n) is 1.52. The van der Waals surface area contributed by atoms with Crippen LogP contribution < -0.4 is 11.1 Å². The molecule has 0 bridgehead atoms. The van der Waals surface area contributed by atoms with Crippen LogP contribution in [0, 0.1) is 11.6 Å². The predicted octanol–water partition coefficient (Wildman–Crippen LogP) is 1.34. The highest BCUT2D eigenvalue weighted by molar-refractivity contribution is 7.80. The quantitative estimate of drug-likeness (QED) is 0.829. The van der Waals surface area contributed by atoms with Gasteiger partial charge >= 0.3 is 0 Å². The second-order valence-corrected chi connectivity index (χ2v) is 4.28. The van der Waals surface area contributed by atoms with Crippen LogP contribution in [0.1, 0.15) is 11.4 Å². The molecule has 0 saturated heterocycles. The highest BCUT2D eigenvalue weighted by Gasteiger charge is 2.15. The van der Waals surface area contributed by atoms with Gasteiger partial charge in [0.2, 0.25) is 0 Å². The van der Waals surface area contributed by atoms with E-state index >= 15 is 0 Å². The smallest absolute Gasteiger partial charge is 0.182 e. The molecule has 0 atom stereocenters. The molecule has 8 heteroatoms. The summed E-state index contributed by atoms with van der Waals surface area (Å²) in [5.74, 6) is -1.62. The molecule has 0 saturated carbocycles. The SMILES string of the molecule is Cn1cnc(CNc2ccc(C(N)=S)c(F)c2F)n1. The van der Waals surface area contributed by atoms with Crippen molar-refractivity contribution >= 4 is 22.9 Å². The first kappa shape index (κ1) is 13.3. The third kappa shape index (κ3) is 2.84. The van der Waals surface area contributed by atoms with Crippen molar-refractivity contribution in [3.63, 3.8) is 0 Å². The molecule has 5 nitrogen and oxygen atoms in total. The maximum atomic E-state index is 13.7. The second-order valence-electron chi connectivity index (χ2n) is 3.84. The molecule has 19 heavy (non-hydrogen) atoms. The van der Waals surface area contributed by atoms with Crippen LogP contribution in [0.4, 0.5) is 14.5 Å². The van der Waals surface area contributed by atoms with Gasteiger partial charge in [0.15, 0.2) is 17.5 Å². The minimum atomic E-state index is -1.06. The second kappa shape index (κ2) is 5.27. The third-order valence-electron chi connectivity index (χ3n) is 2.43. The molecule has 0 aliphatic carbocycles. The monoisotopic (exact) mass is 283 g/mol. The van der Waals surface area contributed by atoms with Crippen molar-refractivity contribution in [1.29, 1.82) is 0 Å². The van der Waals surface area contributed by atoms with Crippen molar-refractivity contribution in [3.8, 4) is 0 Å². The van der Waals surface area contributed by atoms with Crippen LogP contribution in [0.25, 0.3) is 0 Å². The Hall–Kier alpha value is -2.09. The number of aromatic nitrogens is 3. The summed E-state index contributed by atoms with van der Waals surface area (Å²) < 4.78 is 28.9. The first-order chi connectivity index (χ1) is 8.99. The standard InChI is InChI=1S/C11H11F2N5S/c1-18-5-16-8(17-18)4-15-7-3-2-6(11(14)19)9(12)10(7)13/h2-3,5,15H,4H2,1H3,(H2,14,19). The van der Waals surface area contributed by atoms with Gasteiger partial charge in [-0.2, -0.15) is 5.10 Å². The molecule has 0 spiro atoms. The Balaban J connectivity index is 2.17. The molecule has 2 rings (SSSR count). The van der Waals surface area contributed by atoms with Crippen LogP contribution >= 0.6 is 12.2 Å². The van der Waals surface area contributed by atoms with E-state index in [1.165, 1.54) is 23.1 Å². The first-order valence-electron chi connectivity index (χ1n) is 5.35. The first-order valence-corrected chi connectivity index (χ1v) is 5.76. The number of nitrogens with zero attached hydrogens (tertiary/aromatic N) is 3. The van der Waals surface area contributed by atoms with E-state index in [4.69, 9.17) is 5.73 Å². The van der Waals surface area contributed by atoms with Crippen LogP contribution in [-0.4, -0.2) is 19.8 Å². The van der Waals surface area contributed by atoms with E-state index in [2.05, 4.69) is 27.6 Å². The van der Waals surface area contributed by atoms with Crippen LogP contribution in [0.15, 0.2) is 18.5 Å². The molecule has 2 aromatic rings. The van der Waals surface area contributed by atoms with Crippen molar-refractivity contribution in [2.75, 3.05) is 5.32 Å². The number of benzene rings is 1. The van der Waals surface area contributed by atoms with Crippen LogP contribution in [0.3, 0.4) is 0 Å². The number of thiocarbonyl (C=S) groups is 1. The third-order valence-corrected chi connectivity index (χ3v) is 2.65. The molecule has 1 aromatic heterocycles. The summed E-state index contributed by atoms with van der Waals surface area (Å²) >= 11 is 4.62. The number of hydrogen-bond acceptors (Lipinski definition) is 4. The summed E-state index contributed by atoms with van der Waals surface area (Å²) in [6.07, 6.45) is 1.52. The molecular formula is C11H11F2N5S. The van der Waals surface area contributed by atoms with E-state index in [9.17, 15) is 8.78 Å². The number of anilines is 1. The minimum Gasteiger partial charge on any atom is -0.389 e. The maximum Gasteiger partial charge on any atom is 0.182 e. The van der Waals surface area contributed by atoms with Crippen molar-refractivity contribution in [1.82, 2.24) is 14.8 Å². The molecule has 1 aromatic carbocycles. The van der Waals surface area contributed by atoms with Gasteiger partial charge in [-0.3, -0.25) is 4.68 Å². The van der Waals surface area contributed by atoms with E-state index in [1.807, 2.05) is 0 Å². The van der Waals surface area contributed by atoms with Gasteiger partial charge in [-0.1, -0.05) is 12.2 Å². The summed E-state index contributed by atoms with van der Waals surface area (Å²) in [6.45, 7) is 0.184. The molecule has 0 aliphatic rings. The molecule has 0 fully saturated rings. The molecule has 0 aliphatic heterocycles. The van der Waals surface area contributed by atoms with Gasteiger partial charge in [-0.25, -0.2) is 13.8 Å².